The quantitative estimate of drug-likeness (QED) is 0.835. The lowest BCUT2D eigenvalue weighted by molar-refractivity contribution is 0.618. The molecule has 1 aliphatic rings. The van der Waals surface area contributed by atoms with E-state index in [1.165, 1.54) is 11.6 Å². The van der Waals surface area contributed by atoms with Crippen LogP contribution in [0.2, 0.25) is 0 Å². The maximum absolute atomic E-state index is 13.3. The van der Waals surface area contributed by atoms with E-state index in [-0.39, 0.29) is 5.82 Å². The van der Waals surface area contributed by atoms with Crippen molar-refractivity contribution >= 4 is 11.4 Å². The largest absolute Gasteiger partial charge is 0.399 e. The average Bonchev–Trinajstić information content (AvgIpc) is 2.38. The number of hydrogen-bond donors (Lipinski definition) is 1. The van der Waals surface area contributed by atoms with Crippen molar-refractivity contribution in [1.82, 2.24) is 0 Å². The number of halogens is 1. The number of hydrogen-bond acceptors (Lipinski definition) is 2. The molecule has 98 valence electrons. The molecule has 0 fully saturated rings. The van der Waals surface area contributed by atoms with Gasteiger partial charge in [0, 0.05) is 24.5 Å². The van der Waals surface area contributed by atoms with Crippen LogP contribution in [0.5, 0.6) is 0 Å². The highest BCUT2D eigenvalue weighted by atomic mass is 19.1. The van der Waals surface area contributed by atoms with Crippen LogP contribution in [0.25, 0.3) is 0 Å². The summed E-state index contributed by atoms with van der Waals surface area (Å²) in [6.07, 6.45) is 2.03. The zero-order valence-electron chi connectivity index (χ0n) is 10.8. The fourth-order valence-corrected chi connectivity index (χ4v) is 2.72. The van der Waals surface area contributed by atoms with Crippen molar-refractivity contribution in [3.63, 3.8) is 0 Å². The van der Waals surface area contributed by atoms with Gasteiger partial charge in [-0.1, -0.05) is 12.1 Å². The standard InChI is InChI=1S/C16H17FN2/c17-14-6-7-16-13(10-14)4-2-8-19(16)11-12-3-1-5-15(18)9-12/h1,3,5-7,9-10H,2,4,8,11,18H2. The molecule has 0 amide bonds. The molecule has 2 nitrogen and oxygen atoms in total. The summed E-state index contributed by atoms with van der Waals surface area (Å²) in [6.45, 7) is 1.83. The fraction of sp³-hybridized carbons (Fsp3) is 0.250. The predicted octanol–water partition coefficient (Wildman–Crippen LogP) is 3.36. The molecule has 3 heteroatoms. The van der Waals surface area contributed by atoms with Crippen molar-refractivity contribution in [1.29, 1.82) is 0 Å². The summed E-state index contributed by atoms with van der Waals surface area (Å²) >= 11 is 0. The number of rotatable bonds is 2. The van der Waals surface area contributed by atoms with Crippen LogP contribution in [0.15, 0.2) is 42.5 Å². The molecule has 0 atom stereocenters. The highest BCUT2D eigenvalue weighted by Crippen LogP contribution is 2.29. The summed E-state index contributed by atoms with van der Waals surface area (Å²) in [4.78, 5) is 2.30. The molecular weight excluding hydrogens is 239 g/mol. The van der Waals surface area contributed by atoms with E-state index in [0.717, 1.165) is 42.9 Å². The van der Waals surface area contributed by atoms with Gasteiger partial charge in [-0.25, -0.2) is 4.39 Å². The normalized spacial score (nSPS) is 14.3. The van der Waals surface area contributed by atoms with Gasteiger partial charge < -0.3 is 10.6 Å². The molecule has 0 saturated heterocycles. The maximum atomic E-state index is 13.3. The lowest BCUT2D eigenvalue weighted by Gasteiger charge is -2.31. The van der Waals surface area contributed by atoms with E-state index in [4.69, 9.17) is 5.73 Å². The van der Waals surface area contributed by atoms with E-state index >= 15 is 0 Å². The molecule has 0 spiro atoms. The molecule has 2 aromatic carbocycles. The van der Waals surface area contributed by atoms with Crippen molar-refractivity contribution in [3.05, 3.63) is 59.4 Å². The molecule has 0 unspecified atom stereocenters. The molecule has 1 heterocycles. The van der Waals surface area contributed by atoms with Crippen LogP contribution in [0.3, 0.4) is 0 Å². The van der Waals surface area contributed by atoms with Crippen molar-refractivity contribution < 1.29 is 4.39 Å². The minimum absolute atomic E-state index is 0.149. The number of nitrogens with two attached hydrogens (primary N) is 1. The van der Waals surface area contributed by atoms with Gasteiger partial charge in [-0.15, -0.1) is 0 Å². The Bertz CT molecular complexity index is 595. The zero-order valence-corrected chi connectivity index (χ0v) is 10.8. The van der Waals surface area contributed by atoms with Crippen LogP contribution in [0, 0.1) is 5.82 Å². The first-order chi connectivity index (χ1) is 9.22. The Kier molecular flexibility index (Phi) is 3.11. The molecule has 0 aromatic heterocycles. The highest BCUT2D eigenvalue weighted by Gasteiger charge is 2.17. The van der Waals surface area contributed by atoms with E-state index in [1.807, 2.05) is 24.3 Å². The first-order valence-electron chi connectivity index (χ1n) is 6.60. The van der Waals surface area contributed by atoms with Crippen LogP contribution in [-0.2, 0) is 13.0 Å². The predicted molar refractivity (Wildman–Crippen MR) is 76.6 cm³/mol. The minimum Gasteiger partial charge on any atom is -0.399 e. The van der Waals surface area contributed by atoms with E-state index in [9.17, 15) is 4.39 Å². The van der Waals surface area contributed by atoms with Crippen molar-refractivity contribution in [3.8, 4) is 0 Å². The molecule has 2 aromatic rings. The Labute approximate surface area is 112 Å². The van der Waals surface area contributed by atoms with Crippen LogP contribution < -0.4 is 10.6 Å². The first-order valence-corrected chi connectivity index (χ1v) is 6.60. The maximum Gasteiger partial charge on any atom is 0.123 e. The zero-order chi connectivity index (χ0) is 13.2. The molecule has 0 saturated carbocycles. The van der Waals surface area contributed by atoms with Gasteiger partial charge >= 0.3 is 0 Å². The van der Waals surface area contributed by atoms with E-state index in [0.29, 0.717) is 0 Å². The van der Waals surface area contributed by atoms with Gasteiger partial charge in [0.2, 0.25) is 0 Å². The molecule has 0 radical (unpaired) electrons. The van der Waals surface area contributed by atoms with Gasteiger partial charge in [0.05, 0.1) is 0 Å². The minimum atomic E-state index is -0.149. The van der Waals surface area contributed by atoms with E-state index in [1.54, 1.807) is 6.07 Å². The molecule has 19 heavy (non-hydrogen) atoms. The van der Waals surface area contributed by atoms with Crippen LogP contribution >= 0.6 is 0 Å². The SMILES string of the molecule is Nc1cccc(CN2CCCc3cc(F)ccc32)c1. The molecule has 3 rings (SSSR count). The second kappa shape index (κ2) is 4.92. The Morgan fingerprint density at radius 1 is 1.16 bits per heavy atom. The summed E-state index contributed by atoms with van der Waals surface area (Å²) in [5.74, 6) is -0.149. The summed E-state index contributed by atoms with van der Waals surface area (Å²) < 4.78 is 13.3. The second-order valence-corrected chi connectivity index (χ2v) is 5.04. The van der Waals surface area contributed by atoms with Crippen LogP contribution in [0.1, 0.15) is 17.5 Å². The average molecular weight is 256 g/mol. The lowest BCUT2D eigenvalue weighted by Crippen LogP contribution is -2.28. The van der Waals surface area contributed by atoms with E-state index < -0.39 is 0 Å². The summed E-state index contributed by atoms with van der Waals surface area (Å²) in [5, 5.41) is 0. The Morgan fingerprint density at radius 3 is 2.89 bits per heavy atom. The van der Waals surface area contributed by atoms with Crippen molar-refractivity contribution in [2.45, 2.75) is 19.4 Å². The first kappa shape index (κ1) is 12.0. The summed E-state index contributed by atoms with van der Waals surface area (Å²) in [5.41, 5.74) is 10.0. The Morgan fingerprint density at radius 2 is 2.05 bits per heavy atom. The number of benzene rings is 2. The third kappa shape index (κ3) is 2.55. The molecule has 1 aliphatic heterocycles. The molecular formula is C16H17FN2. The Balaban J connectivity index is 1.87. The van der Waals surface area contributed by atoms with Gasteiger partial charge in [0.15, 0.2) is 0 Å². The van der Waals surface area contributed by atoms with Gasteiger partial charge in [0.25, 0.3) is 0 Å². The molecule has 0 bridgehead atoms. The van der Waals surface area contributed by atoms with Gasteiger partial charge in [-0.05, 0) is 54.3 Å². The summed E-state index contributed by atoms with van der Waals surface area (Å²) in [7, 11) is 0. The fourth-order valence-electron chi connectivity index (χ4n) is 2.72. The van der Waals surface area contributed by atoms with Crippen molar-refractivity contribution in [2.75, 3.05) is 17.2 Å². The van der Waals surface area contributed by atoms with Gasteiger partial charge in [-0.2, -0.15) is 0 Å². The smallest absolute Gasteiger partial charge is 0.123 e. The number of anilines is 2. The number of aryl methyl sites for hydroxylation is 1. The second-order valence-electron chi connectivity index (χ2n) is 5.04. The third-order valence-corrected chi connectivity index (χ3v) is 3.58. The Hall–Kier alpha value is -2.03. The summed E-state index contributed by atoms with van der Waals surface area (Å²) in [6, 6.07) is 13.0. The number of nitrogens with zero attached hydrogens (tertiary/aromatic N) is 1. The van der Waals surface area contributed by atoms with Gasteiger partial charge in [-0.3, -0.25) is 0 Å². The molecule has 2 N–H and O–H groups in total. The van der Waals surface area contributed by atoms with Crippen molar-refractivity contribution in [2.24, 2.45) is 0 Å². The van der Waals surface area contributed by atoms with Crippen LogP contribution in [0.4, 0.5) is 15.8 Å². The highest BCUT2D eigenvalue weighted by molar-refractivity contribution is 5.56. The van der Waals surface area contributed by atoms with Crippen LogP contribution in [-0.4, -0.2) is 6.54 Å². The van der Waals surface area contributed by atoms with E-state index in [2.05, 4.69) is 11.0 Å². The molecule has 0 aliphatic carbocycles. The monoisotopic (exact) mass is 256 g/mol. The number of nitrogen functional groups attached to an aromatic ring is 1. The third-order valence-electron chi connectivity index (χ3n) is 3.58. The van der Waals surface area contributed by atoms with Gasteiger partial charge in [0.1, 0.15) is 5.82 Å². The topological polar surface area (TPSA) is 29.3 Å². The lowest BCUT2D eigenvalue weighted by atomic mass is 10.0. The number of fused-ring (bicyclic) bond motifs is 1.